The van der Waals surface area contributed by atoms with Crippen LogP contribution in [0.3, 0.4) is 0 Å². The minimum absolute atomic E-state index is 0. The van der Waals surface area contributed by atoms with Crippen LogP contribution in [0, 0.1) is 0 Å². The number of fused-ring (bicyclic) bond motifs is 4. The fourth-order valence-electron chi connectivity index (χ4n) is 5.61. The molecule has 0 saturated carbocycles. The molecule has 0 amide bonds. The molecule has 3 saturated heterocycles. The van der Waals surface area contributed by atoms with Crippen molar-refractivity contribution in [3.63, 3.8) is 0 Å². The quantitative estimate of drug-likeness (QED) is 0.0737. The van der Waals surface area contributed by atoms with Crippen LogP contribution in [0.2, 0.25) is 0 Å². The summed E-state index contributed by atoms with van der Waals surface area (Å²) in [6.45, 7) is -9.02. The van der Waals surface area contributed by atoms with Gasteiger partial charge in [-0.25, -0.2) is 15.1 Å². The second-order valence-corrected chi connectivity index (χ2v) is 16.6. The lowest BCUT2D eigenvalue weighted by Crippen LogP contribution is -2.47. The highest BCUT2D eigenvalue weighted by Crippen LogP contribution is 2.48. The molecule has 0 aliphatic carbocycles. The molecule has 0 radical (unpaired) electrons. The number of hydrogen-bond donors (Lipinski definition) is 11. The Bertz CT molecular complexity index is 2000. The summed E-state index contributed by atoms with van der Waals surface area (Å²) in [5, 5.41) is 28.0. The number of nitrogen functional groups attached to an aromatic ring is 3. The number of aliphatic hydroxyl groups excluding tert-OH is 2. The molecule has 3 aliphatic rings. The van der Waals surface area contributed by atoms with Gasteiger partial charge in [-0.15, -0.1) is 0 Å². The average molecular weight is 753 g/mol. The molecular formula is C20H32N15O9P2S2-. The van der Waals surface area contributed by atoms with Crippen LogP contribution in [0.15, 0.2) is 17.4 Å². The average Bonchev–Trinajstić information content (AvgIpc) is 3.72. The molecule has 0 bridgehead atoms. The molecule has 7 heterocycles. The first-order valence-corrected chi connectivity index (χ1v) is 18.7. The Labute approximate surface area is 279 Å². The van der Waals surface area contributed by atoms with E-state index in [0.717, 1.165) is 0 Å². The Hall–Kier alpha value is -2.91. The van der Waals surface area contributed by atoms with Crippen LogP contribution >= 0.6 is 13.4 Å². The molecule has 0 aromatic carbocycles. The first-order chi connectivity index (χ1) is 21.7. The molecule has 3 fully saturated rings. The van der Waals surface area contributed by atoms with E-state index in [1.807, 2.05) is 0 Å². The number of aliphatic hydroxyl groups is 2. The largest absolute Gasteiger partial charge is 0.673 e. The van der Waals surface area contributed by atoms with Crippen LogP contribution in [-0.2, 0) is 47.1 Å². The van der Waals surface area contributed by atoms with E-state index in [4.69, 9.17) is 59.8 Å². The third-order valence-electron chi connectivity index (χ3n) is 7.66. The van der Waals surface area contributed by atoms with Crippen molar-refractivity contribution in [2.75, 3.05) is 30.4 Å². The number of imidazole rings is 2. The first-order valence-electron chi connectivity index (χ1n) is 13.3. The lowest BCUT2D eigenvalue weighted by Gasteiger charge is -2.35. The third-order valence-corrected chi connectivity index (χ3v) is 11.1. The van der Waals surface area contributed by atoms with Crippen molar-refractivity contribution in [3.8, 4) is 0 Å². The molecule has 18 N–H and O–H groups in total. The standard InChI is InChI=1S/C20H27N13O9P2S2.2H3N/c21-13-9-14(27-19(22)26-13)32(3-24-9)17-11(34)7-5(41-17)1-39-44(38,46)31-8-6(2-40-43(37,45)30-7)42-18(12(8)35)33-4-25-10-15(33)28-20(23)29-16(10)36;;/h3-8,11-12,17-18,34-35H,1-2H2,(H2,30,37,45)(H2,31,38,46)(H4,21,22,26,27)(H3,23,28,29,36);2*1H3/p-1/t5-,6-,7-,8-,11-,12-,17-,18-,43?,44?;;/m1../s1. The first kappa shape index (κ1) is 36.4. The number of nitrogens with one attached hydrogen (secondary N) is 3. The van der Waals surface area contributed by atoms with E-state index in [-0.39, 0.29) is 52.3 Å². The zero-order valence-electron chi connectivity index (χ0n) is 24.5. The maximum atomic E-state index is 13.5. The minimum atomic E-state index is -4.16. The van der Waals surface area contributed by atoms with Crippen molar-refractivity contribution >= 4 is 77.5 Å². The predicted molar refractivity (Wildman–Crippen MR) is 174 cm³/mol. The fourth-order valence-corrected chi connectivity index (χ4v) is 8.93. The number of aromatic nitrogens is 8. The molecule has 48 heavy (non-hydrogen) atoms. The summed E-state index contributed by atoms with van der Waals surface area (Å²) in [5.74, 6) is -0.336. The van der Waals surface area contributed by atoms with Crippen LogP contribution in [0.5, 0.6) is 0 Å². The summed E-state index contributed by atoms with van der Waals surface area (Å²) in [5.41, 5.74) is 17.0. The number of H-pyrrole nitrogens is 1. The van der Waals surface area contributed by atoms with Crippen molar-refractivity contribution in [2.24, 2.45) is 0 Å². The van der Waals surface area contributed by atoms with Gasteiger partial charge in [0, 0.05) is 0 Å². The SMILES string of the molecule is N.N.Nc1nc(N)c2ncn([C@@H]3O[C@@H]4COP(O)(=S)N[C@H]5[C@@H](O)[C@H](n6cnc7c(=O)[nH]c(N)nc76)O[C@@H]5COP(=O)([S-])N[C@H]4[C@H]3O)c2n1. The molecule has 24 nitrogen and oxygen atoms in total. The van der Waals surface area contributed by atoms with Gasteiger partial charge in [0.2, 0.25) is 11.9 Å². The lowest BCUT2D eigenvalue weighted by atomic mass is 10.1. The van der Waals surface area contributed by atoms with E-state index < -0.39 is 81.1 Å². The van der Waals surface area contributed by atoms with Crippen LogP contribution in [-0.4, -0.2) is 104 Å². The molecule has 2 unspecified atom stereocenters. The molecule has 4 aromatic heterocycles. The number of nitrogens with zero attached hydrogens (tertiary/aromatic N) is 7. The van der Waals surface area contributed by atoms with Gasteiger partial charge in [-0.2, -0.15) is 15.0 Å². The van der Waals surface area contributed by atoms with E-state index in [1.54, 1.807) is 0 Å². The Kier molecular flexibility index (Phi) is 9.92. The third kappa shape index (κ3) is 6.41. The van der Waals surface area contributed by atoms with E-state index in [2.05, 4.69) is 40.1 Å². The maximum absolute atomic E-state index is 13.5. The van der Waals surface area contributed by atoms with Gasteiger partial charge in [-0.05, 0) is 11.8 Å². The second-order valence-electron chi connectivity index (χ2n) is 10.6. The number of aromatic amines is 1. The van der Waals surface area contributed by atoms with Gasteiger partial charge in [-0.1, -0.05) is 0 Å². The Balaban J connectivity index is 0.00000225. The number of rotatable bonds is 2. The van der Waals surface area contributed by atoms with Gasteiger partial charge in [0.1, 0.15) is 36.7 Å². The van der Waals surface area contributed by atoms with E-state index >= 15 is 0 Å². The van der Waals surface area contributed by atoms with Gasteiger partial charge in [0.25, 0.3) is 12.2 Å². The van der Waals surface area contributed by atoms with Gasteiger partial charge in [-0.3, -0.25) is 24.0 Å². The Morgan fingerprint density at radius 2 is 1.44 bits per heavy atom. The monoisotopic (exact) mass is 752 g/mol. The van der Waals surface area contributed by atoms with E-state index in [9.17, 15) is 24.5 Å². The summed E-state index contributed by atoms with van der Waals surface area (Å²) >= 11 is 10.6. The zero-order chi connectivity index (χ0) is 32.7. The van der Waals surface area contributed by atoms with Crippen LogP contribution in [0.1, 0.15) is 12.5 Å². The highest BCUT2D eigenvalue weighted by molar-refractivity contribution is 8.33. The van der Waals surface area contributed by atoms with Gasteiger partial charge >= 0.3 is 0 Å². The lowest BCUT2D eigenvalue weighted by molar-refractivity contribution is -0.0467. The molecule has 264 valence electrons. The summed E-state index contributed by atoms with van der Waals surface area (Å²) < 4.78 is 39.5. The number of nitrogens with two attached hydrogens (primary N) is 3. The van der Waals surface area contributed by atoms with Gasteiger partial charge in [0.15, 0.2) is 35.1 Å². The van der Waals surface area contributed by atoms with Crippen molar-refractivity contribution < 1.29 is 38.2 Å². The molecular weight excluding hydrogens is 720 g/mol. The normalized spacial score (nSPS) is 35.6. The summed E-state index contributed by atoms with van der Waals surface area (Å²) in [7, 11) is 0. The van der Waals surface area contributed by atoms with Crippen molar-refractivity contribution in [1.82, 2.24) is 61.5 Å². The number of anilines is 3. The summed E-state index contributed by atoms with van der Waals surface area (Å²) in [6, 6.07) is -2.35. The topological polar surface area (TPSA) is 394 Å². The zero-order valence-corrected chi connectivity index (χ0v) is 27.9. The van der Waals surface area contributed by atoms with Crippen LogP contribution < -0.4 is 45.2 Å². The Morgan fingerprint density at radius 3 is 2.06 bits per heavy atom. The molecule has 4 aromatic rings. The molecule has 7 rings (SSSR count). The maximum Gasteiger partial charge on any atom is 0.280 e. The van der Waals surface area contributed by atoms with Crippen LogP contribution in [0.25, 0.3) is 22.3 Å². The van der Waals surface area contributed by atoms with Crippen molar-refractivity contribution in [2.45, 2.75) is 49.0 Å². The Morgan fingerprint density at radius 1 is 0.896 bits per heavy atom. The number of hydrogen-bond acceptors (Lipinski definition) is 20. The highest BCUT2D eigenvalue weighted by Gasteiger charge is 2.50. The molecule has 28 heteroatoms. The van der Waals surface area contributed by atoms with Gasteiger partial charge in [0.05, 0.1) is 38.0 Å². The molecule has 10 atom stereocenters. The predicted octanol–water partition coefficient (Wildman–Crippen LogP) is -2.62. The summed E-state index contributed by atoms with van der Waals surface area (Å²) in [4.78, 5) is 46.0. The van der Waals surface area contributed by atoms with E-state index in [1.165, 1.54) is 21.8 Å². The highest BCUT2D eigenvalue weighted by atomic mass is 32.7. The van der Waals surface area contributed by atoms with Crippen LogP contribution in [0.4, 0.5) is 17.7 Å². The fraction of sp³-hybridized carbons (Fsp3) is 0.500. The van der Waals surface area contributed by atoms with Gasteiger partial charge < -0.3 is 79.9 Å². The smallest absolute Gasteiger partial charge is 0.280 e. The molecule has 0 spiro atoms. The van der Waals surface area contributed by atoms with Crippen molar-refractivity contribution in [1.29, 1.82) is 0 Å². The van der Waals surface area contributed by atoms with Crippen molar-refractivity contribution in [3.05, 3.63) is 23.0 Å². The molecule has 3 aliphatic heterocycles. The minimum Gasteiger partial charge on any atom is -0.673 e. The number of ether oxygens (including phenoxy) is 2. The summed E-state index contributed by atoms with van der Waals surface area (Å²) in [6.07, 6.45) is -5.07. The second kappa shape index (κ2) is 13.1. The van der Waals surface area contributed by atoms with E-state index in [0.29, 0.717) is 0 Å².